The Morgan fingerprint density at radius 1 is 1.60 bits per heavy atom. The molecule has 0 saturated carbocycles. The van der Waals surface area contributed by atoms with Crippen LogP contribution in [0.4, 0.5) is 5.69 Å². The van der Waals surface area contributed by atoms with Crippen molar-refractivity contribution in [3.05, 3.63) is 24.5 Å². The molecule has 0 aliphatic carbocycles. The Bertz CT molecular complexity index is 538. The number of para-hydroxylation sites is 1. The van der Waals surface area contributed by atoms with E-state index in [1.807, 2.05) is 12.1 Å². The highest BCUT2D eigenvalue weighted by Gasteiger charge is 2.06. The fraction of sp³-hybridized carbons (Fsp3) is 0.100. The highest BCUT2D eigenvalue weighted by atomic mass is 16.1. The number of nitrogens with one attached hydrogen (secondary N) is 2. The molecule has 1 amide bonds. The van der Waals surface area contributed by atoms with Gasteiger partial charge in [-0.25, -0.2) is 4.98 Å². The number of aromatic amines is 1. The molecular formula is C10H8N4O. The van der Waals surface area contributed by atoms with E-state index in [1.165, 1.54) is 0 Å². The summed E-state index contributed by atoms with van der Waals surface area (Å²) in [5, 5.41) is 11.0. The van der Waals surface area contributed by atoms with E-state index in [1.54, 1.807) is 18.5 Å². The van der Waals surface area contributed by atoms with Crippen molar-refractivity contribution in [2.45, 2.75) is 6.42 Å². The van der Waals surface area contributed by atoms with Gasteiger partial charge in [0.2, 0.25) is 5.91 Å². The lowest BCUT2D eigenvalue weighted by Gasteiger charge is -2.02. The van der Waals surface area contributed by atoms with Crippen LogP contribution in [-0.4, -0.2) is 15.9 Å². The van der Waals surface area contributed by atoms with Crippen molar-refractivity contribution in [1.82, 2.24) is 9.97 Å². The van der Waals surface area contributed by atoms with Crippen molar-refractivity contribution in [3.8, 4) is 6.07 Å². The molecule has 0 aliphatic heterocycles. The highest BCUT2D eigenvalue weighted by molar-refractivity contribution is 5.99. The van der Waals surface area contributed by atoms with E-state index in [4.69, 9.17) is 5.26 Å². The second-order valence-corrected chi connectivity index (χ2v) is 2.99. The maximum atomic E-state index is 11.2. The van der Waals surface area contributed by atoms with Crippen molar-refractivity contribution >= 4 is 22.6 Å². The molecule has 15 heavy (non-hydrogen) atoms. The lowest BCUT2D eigenvalue weighted by Crippen LogP contribution is -2.10. The highest BCUT2D eigenvalue weighted by Crippen LogP contribution is 2.19. The van der Waals surface area contributed by atoms with Gasteiger partial charge >= 0.3 is 0 Å². The topological polar surface area (TPSA) is 81.6 Å². The van der Waals surface area contributed by atoms with Crippen LogP contribution in [0.2, 0.25) is 0 Å². The Morgan fingerprint density at radius 3 is 3.27 bits per heavy atom. The van der Waals surface area contributed by atoms with Crippen molar-refractivity contribution in [1.29, 1.82) is 5.26 Å². The van der Waals surface area contributed by atoms with Gasteiger partial charge in [0.25, 0.3) is 0 Å². The fourth-order valence-corrected chi connectivity index (χ4v) is 1.33. The first-order chi connectivity index (χ1) is 7.31. The zero-order valence-corrected chi connectivity index (χ0v) is 7.82. The molecule has 1 aromatic carbocycles. The van der Waals surface area contributed by atoms with E-state index in [2.05, 4.69) is 15.3 Å². The van der Waals surface area contributed by atoms with Gasteiger partial charge in [-0.1, -0.05) is 6.07 Å². The van der Waals surface area contributed by atoms with Gasteiger partial charge < -0.3 is 10.3 Å². The normalized spacial score (nSPS) is 9.80. The summed E-state index contributed by atoms with van der Waals surface area (Å²) >= 11 is 0. The minimum absolute atomic E-state index is 0.152. The van der Waals surface area contributed by atoms with Gasteiger partial charge in [0.15, 0.2) is 0 Å². The van der Waals surface area contributed by atoms with Crippen molar-refractivity contribution in [3.63, 3.8) is 0 Å². The lowest BCUT2D eigenvalue weighted by atomic mass is 10.2. The van der Waals surface area contributed by atoms with Crippen LogP contribution in [0.3, 0.4) is 0 Å². The van der Waals surface area contributed by atoms with Gasteiger partial charge in [-0.3, -0.25) is 4.79 Å². The Balaban J connectivity index is 2.32. The number of hydrogen-bond donors (Lipinski definition) is 2. The predicted octanol–water partition coefficient (Wildman–Crippen LogP) is 1.42. The zero-order chi connectivity index (χ0) is 10.7. The van der Waals surface area contributed by atoms with Gasteiger partial charge in [-0.05, 0) is 12.1 Å². The SMILES string of the molecule is N#CCC(=O)Nc1cccc2[nH]cnc12. The zero-order valence-electron chi connectivity index (χ0n) is 7.82. The number of fused-ring (bicyclic) bond motifs is 1. The van der Waals surface area contributed by atoms with Gasteiger partial charge in [0.1, 0.15) is 11.9 Å². The Morgan fingerprint density at radius 2 is 2.47 bits per heavy atom. The summed E-state index contributed by atoms with van der Waals surface area (Å²) in [6.07, 6.45) is 1.41. The number of carbonyl (C=O) groups excluding carboxylic acids is 1. The van der Waals surface area contributed by atoms with Gasteiger partial charge in [0.05, 0.1) is 23.6 Å². The maximum absolute atomic E-state index is 11.2. The lowest BCUT2D eigenvalue weighted by molar-refractivity contribution is -0.115. The molecule has 1 heterocycles. The first kappa shape index (κ1) is 9.21. The minimum atomic E-state index is -0.326. The van der Waals surface area contributed by atoms with Crippen LogP contribution in [0, 0.1) is 11.3 Å². The molecule has 2 rings (SSSR count). The number of amides is 1. The second-order valence-electron chi connectivity index (χ2n) is 2.99. The summed E-state index contributed by atoms with van der Waals surface area (Å²) in [5.74, 6) is -0.326. The third-order valence-electron chi connectivity index (χ3n) is 1.96. The monoisotopic (exact) mass is 200 g/mol. The number of hydrogen-bond acceptors (Lipinski definition) is 3. The number of H-pyrrole nitrogens is 1. The van der Waals surface area contributed by atoms with E-state index in [0.717, 1.165) is 5.52 Å². The summed E-state index contributed by atoms with van der Waals surface area (Å²) in [6.45, 7) is 0. The van der Waals surface area contributed by atoms with Crippen LogP contribution in [0.5, 0.6) is 0 Å². The number of rotatable bonds is 2. The minimum Gasteiger partial charge on any atom is -0.345 e. The molecule has 1 aromatic heterocycles. The van der Waals surface area contributed by atoms with Crippen molar-refractivity contribution < 1.29 is 4.79 Å². The summed E-state index contributed by atoms with van der Waals surface area (Å²) in [4.78, 5) is 18.2. The van der Waals surface area contributed by atoms with Gasteiger partial charge in [0, 0.05) is 0 Å². The van der Waals surface area contributed by atoms with E-state index in [9.17, 15) is 4.79 Å². The van der Waals surface area contributed by atoms with Crippen LogP contribution in [0.15, 0.2) is 24.5 Å². The molecule has 5 heteroatoms. The molecule has 0 radical (unpaired) electrons. The Hall–Kier alpha value is -2.35. The first-order valence-corrected chi connectivity index (χ1v) is 4.40. The summed E-state index contributed by atoms with van der Waals surface area (Å²) in [5.41, 5.74) is 2.17. The molecule has 0 spiro atoms. The number of nitrogens with zero attached hydrogens (tertiary/aromatic N) is 2. The van der Waals surface area contributed by atoms with E-state index < -0.39 is 0 Å². The number of aromatic nitrogens is 2. The van der Waals surface area contributed by atoms with Crippen LogP contribution < -0.4 is 5.32 Å². The van der Waals surface area contributed by atoms with E-state index >= 15 is 0 Å². The first-order valence-electron chi connectivity index (χ1n) is 4.40. The number of carbonyl (C=O) groups is 1. The van der Waals surface area contributed by atoms with Crippen LogP contribution in [0.1, 0.15) is 6.42 Å². The maximum Gasteiger partial charge on any atom is 0.238 e. The molecule has 74 valence electrons. The third-order valence-corrected chi connectivity index (χ3v) is 1.96. The molecule has 0 atom stereocenters. The van der Waals surface area contributed by atoms with E-state index in [-0.39, 0.29) is 12.3 Å². The smallest absolute Gasteiger partial charge is 0.238 e. The van der Waals surface area contributed by atoms with Crippen molar-refractivity contribution in [2.24, 2.45) is 0 Å². The van der Waals surface area contributed by atoms with Crippen LogP contribution in [-0.2, 0) is 4.79 Å². The number of nitriles is 1. The van der Waals surface area contributed by atoms with Crippen molar-refractivity contribution in [2.75, 3.05) is 5.32 Å². The third kappa shape index (κ3) is 1.79. The average Bonchev–Trinajstić information content (AvgIpc) is 2.67. The van der Waals surface area contributed by atoms with E-state index in [0.29, 0.717) is 11.2 Å². The summed E-state index contributed by atoms with van der Waals surface area (Å²) in [6, 6.07) is 7.21. The predicted molar refractivity (Wildman–Crippen MR) is 55.0 cm³/mol. The molecule has 0 unspecified atom stereocenters. The van der Waals surface area contributed by atoms with Gasteiger partial charge in [-0.15, -0.1) is 0 Å². The van der Waals surface area contributed by atoms with Gasteiger partial charge in [-0.2, -0.15) is 5.26 Å². The number of anilines is 1. The largest absolute Gasteiger partial charge is 0.345 e. The summed E-state index contributed by atoms with van der Waals surface area (Å²) in [7, 11) is 0. The molecule has 2 aromatic rings. The molecular weight excluding hydrogens is 192 g/mol. The Kier molecular flexibility index (Phi) is 2.33. The molecule has 2 N–H and O–H groups in total. The number of benzene rings is 1. The Labute approximate surface area is 85.7 Å². The molecule has 0 bridgehead atoms. The van der Waals surface area contributed by atoms with Crippen LogP contribution >= 0.6 is 0 Å². The second kappa shape index (κ2) is 3.80. The molecule has 0 saturated heterocycles. The molecule has 0 fully saturated rings. The number of imidazole rings is 1. The summed E-state index contributed by atoms with van der Waals surface area (Å²) < 4.78 is 0. The molecule has 5 nitrogen and oxygen atoms in total. The standard InChI is InChI=1S/C10H8N4O/c11-5-4-9(15)14-8-3-1-2-7-10(8)13-6-12-7/h1-3,6H,4H2,(H,12,13)(H,14,15). The molecule has 0 aliphatic rings. The quantitative estimate of drug-likeness (QED) is 0.769. The van der Waals surface area contributed by atoms with Crippen LogP contribution in [0.25, 0.3) is 11.0 Å². The fourth-order valence-electron chi connectivity index (χ4n) is 1.33. The average molecular weight is 200 g/mol.